The number of hydrogen-bond acceptors (Lipinski definition) is 2. The van der Waals surface area contributed by atoms with Gasteiger partial charge < -0.3 is 0 Å². The van der Waals surface area contributed by atoms with Gasteiger partial charge in [-0.1, -0.05) is 29.3 Å². The first-order chi connectivity index (χ1) is 3.81. The number of aliphatic imine (C=N–C) groups is 1. The standard InChI is InChI=1S/C5H8BrNO/c1-2-3-5(6)7-4-8/h5H,2-3H2,1H3. The van der Waals surface area contributed by atoms with Crippen LogP contribution in [0.3, 0.4) is 0 Å². The van der Waals surface area contributed by atoms with Crippen LogP contribution in [0.4, 0.5) is 0 Å². The van der Waals surface area contributed by atoms with Crippen molar-refractivity contribution in [2.24, 2.45) is 4.99 Å². The van der Waals surface area contributed by atoms with Crippen LogP contribution in [0.15, 0.2) is 4.99 Å². The van der Waals surface area contributed by atoms with Crippen molar-refractivity contribution in [1.82, 2.24) is 0 Å². The van der Waals surface area contributed by atoms with Gasteiger partial charge in [0.15, 0.2) is 0 Å². The van der Waals surface area contributed by atoms with E-state index in [1.807, 2.05) is 6.92 Å². The third-order valence-corrected chi connectivity index (χ3v) is 1.38. The minimum absolute atomic E-state index is 0.0231. The molecule has 0 N–H and O–H groups in total. The molecule has 0 radical (unpaired) electrons. The molecule has 0 aromatic rings. The molecule has 0 rings (SSSR count). The predicted molar refractivity (Wildman–Crippen MR) is 35.7 cm³/mol. The molecule has 8 heavy (non-hydrogen) atoms. The summed E-state index contributed by atoms with van der Waals surface area (Å²) in [7, 11) is 0. The highest BCUT2D eigenvalue weighted by Gasteiger charge is 1.95. The van der Waals surface area contributed by atoms with Gasteiger partial charge >= 0.3 is 0 Å². The Bertz CT molecular complexity index is 98.6. The average molecular weight is 178 g/mol. The number of nitrogens with zero attached hydrogens (tertiary/aromatic N) is 1. The van der Waals surface area contributed by atoms with Crippen LogP contribution in [0.25, 0.3) is 0 Å². The first-order valence-corrected chi connectivity index (χ1v) is 3.44. The lowest BCUT2D eigenvalue weighted by atomic mass is 10.3. The molecule has 0 saturated carbocycles. The van der Waals surface area contributed by atoms with Gasteiger partial charge in [0.1, 0.15) is 4.95 Å². The lowest BCUT2D eigenvalue weighted by Gasteiger charge is -1.94. The molecule has 0 aliphatic rings. The van der Waals surface area contributed by atoms with Crippen LogP contribution >= 0.6 is 15.9 Å². The van der Waals surface area contributed by atoms with Crippen LogP contribution in [-0.2, 0) is 4.79 Å². The van der Waals surface area contributed by atoms with Crippen LogP contribution in [0.2, 0.25) is 0 Å². The van der Waals surface area contributed by atoms with E-state index in [1.165, 1.54) is 6.08 Å². The Morgan fingerprint density at radius 1 is 1.88 bits per heavy atom. The Balaban J connectivity index is 3.31. The predicted octanol–water partition coefficient (Wildman–Crippen LogP) is 1.84. The highest BCUT2D eigenvalue weighted by Crippen LogP contribution is 2.06. The lowest BCUT2D eigenvalue weighted by Crippen LogP contribution is -1.89. The van der Waals surface area contributed by atoms with Crippen LogP contribution in [-0.4, -0.2) is 11.0 Å². The van der Waals surface area contributed by atoms with Crippen LogP contribution in [0, 0.1) is 0 Å². The summed E-state index contributed by atoms with van der Waals surface area (Å²) in [4.78, 5) is 13.0. The van der Waals surface area contributed by atoms with E-state index in [0.29, 0.717) is 0 Å². The first-order valence-electron chi connectivity index (χ1n) is 2.52. The van der Waals surface area contributed by atoms with Gasteiger partial charge in [-0.05, 0) is 6.42 Å². The quantitative estimate of drug-likeness (QED) is 0.280. The SMILES string of the molecule is CCCC(Br)N=C=O. The molecule has 0 bridgehead atoms. The molecule has 1 unspecified atom stereocenters. The third-order valence-electron chi connectivity index (χ3n) is 0.720. The summed E-state index contributed by atoms with van der Waals surface area (Å²) >= 11 is 3.17. The van der Waals surface area contributed by atoms with Gasteiger partial charge in [0.2, 0.25) is 6.08 Å². The van der Waals surface area contributed by atoms with Crippen molar-refractivity contribution < 1.29 is 4.79 Å². The fraction of sp³-hybridized carbons (Fsp3) is 0.800. The summed E-state index contributed by atoms with van der Waals surface area (Å²) in [5.41, 5.74) is 0. The first kappa shape index (κ1) is 7.86. The van der Waals surface area contributed by atoms with Gasteiger partial charge in [-0.3, -0.25) is 0 Å². The van der Waals surface area contributed by atoms with Gasteiger partial charge in [-0.25, -0.2) is 4.79 Å². The van der Waals surface area contributed by atoms with E-state index < -0.39 is 0 Å². The number of halogens is 1. The normalized spacial score (nSPS) is 12.2. The molecule has 0 aliphatic carbocycles. The lowest BCUT2D eigenvalue weighted by molar-refractivity contribution is 0.561. The summed E-state index contributed by atoms with van der Waals surface area (Å²) in [5.74, 6) is 0. The van der Waals surface area contributed by atoms with Gasteiger partial charge in [-0.15, -0.1) is 0 Å². The highest BCUT2D eigenvalue weighted by atomic mass is 79.9. The number of hydrogen-bond donors (Lipinski definition) is 0. The Morgan fingerprint density at radius 2 is 2.50 bits per heavy atom. The van der Waals surface area contributed by atoms with Gasteiger partial charge in [0.25, 0.3) is 0 Å². The maximum atomic E-state index is 9.57. The summed E-state index contributed by atoms with van der Waals surface area (Å²) in [6, 6.07) is 0. The Kier molecular flexibility index (Phi) is 4.92. The Morgan fingerprint density at radius 3 is 2.88 bits per heavy atom. The molecule has 3 heteroatoms. The fourth-order valence-corrected chi connectivity index (χ4v) is 0.901. The van der Waals surface area contributed by atoms with Gasteiger partial charge in [0.05, 0.1) is 0 Å². The molecule has 0 amide bonds. The largest absolute Gasteiger partial charge is 0.236 e. The Labute approximate surface area is 57.1 Å². The maximum absolute atomic E-state index is 9.57. The minimum Gasteiger partial charge on any atom is -0.211 e. The third kappa shape index (κ3) is 4.03. The molecule has 0 aromatic heterocycles. The van der Waals surface area contributed by atoms with Crippen molar-refractivity contribution in [3.63, 3.8) is 0 Å². The maximum Gasteiger partial charge on any atom is 0.236 e. The summed E-state index contributed by atoms with van der Waals surface area (Å²) in [6.07, 6.45) is 3.41. The summed E-state index contributed by atoms with van der Waals surface area (Å²) in [6.45, 7) is 2.04. The molecular formula is C5H8BrNO. The molecule has 0 spiro atoms. The smallest absolute Gasteiger partial charge is 0.211 e. The van der Waals surface area contributed by atoms with Crippen LogP contribution in [0.1, 0.15) is 19.8 Å². The number of alkyl halides is 1. The van der Waals surface area contributed by atoms with E-state index >= 15 is 0 Å². The van der Waals surface area contributed by atoms with Crippen molar-refractivity contribution in [2.45, 2.75) is 24.7 Å². The molecule has 0 aliphatic heterocycles. The average Bonchev–Trinajstić information content (AvgIpc) is 1.68. The summed E-state index contributed by atoms with van der Waals surface area (Å²) in [5, 5.41) is 0. The van der Waals surface area contributed by atoms with Crippen molar-refractivity contribution in [3.8, 4) is 0 Å². The monoisotopic (exact) mass is 177 g/mol. The Hall–Kier alpha value is -0.140. The fourth-order valence-electron chi connectivity index (χ4n) is 0.360. The summed E-state index contributed by atoms with van der Waals surface area (Å²) < 4.78 is 0. The van der Waals surface area contributed by atoms with Crippen LogP contribution in [0.5, 0.6) is 0 Å². The van der Waals surface area contributed by atoms with E-state index in [0.717, 1.165) is 12.8 Å². The highest BCUT2D eigenvalue weighted by molar-refractivity contribution is 9.09. The zero-order chi connectivity index (χ0) is 6.41. The van der Waals surface area contributed by atoms with Gasteiger partial charge in [-0.2, -0.15) is 4.99 Å². The second-order valence-electron chi connectivity index (χ2n) is 1.44. The molecule has 0 saturated heterocycles. The van der Waals surface area contributed by atoms with Crippen molar-refractivity contribution >= 4 is 22.0 Å². The molecule has 1 atom stereocenters. The minimum atomic E-state index is -0.0231. The molecule has 2 nitrogen and oxygen atoms in total. The molecule has 0 heterocycles. The van der Waals surface area contributed by atoms with E-state index in [4.69, 9.17) is 0 Å². The zero-order valence-corrected chi connectivity index (χ0v) is 6.31. The van der Waals surface area contributed by atoms with Gasteiger partial charge in [0, 0.05) is 0 Å². The topological polar surface area (TPSA) is 29.4 Å². The van der Waals surface area contributed by atoms with E-state index in [2.05, 4.69) is 20.9 Å². The molecule has 0 fully saturated rings. The van der Waals surface area contributed by atoms with E-state index in [1.54, 1.807) is 0 Å². The number of carbonyl (C=O) groups excluding carboxylic acids is 1. The van der Waals surface area contributed by atoms with E-state index in [9.17, 15) is 4.79 Å². The van der Waals surface area contributed by atoms with E-state index in [-0.39, 0.29) is 4.95 Å². The number of isocyanates is 1. The van der Waals surface area contributed by atoms with Crippen LogP contribution < -0.4 is 0 Å². The number of rotatable bonds is 3. The second-order valence-corrected chi connectivity index (χ2v) is 2.50. The van der Waals surface area contributed by atoms with Crippen molar-refractivity contribution in [1.29, 1.82) is 0 Å². The molecule has 46 valence electrons. The molecular weight excluding hydrogens is 170 g/mol. The zero-order valence-electron chi connectivity index (χ0n) is 4.72. The molecule has 0 aromatic carbocycles. The van der Waals surface area contributed by atoms with Crippen molar-refractivity contribution in [2.75, 3.05) is 0 Å². The van der Waals surface area contributed by atoms with Crippen molar-refractivity contribution in [3.05, 3.63) is 0 Å². The second kappa shape index (κ2) is 5.01.